The third-order valence-electron chi connectivity index (χ3n) is 5.01. The molecule has 1 amide bonds. The molecular weight excluding hydrogens is 277 g/mol. The van der Waals surface area contributed by atoms with Gasteiger partial charge in [0.15, 0.2) is 0 Å². The van der Waals surface area contributed by atoms with Crippen LogP contribution in [-0.2, 0) is 11.2 Å². The van der Waals surface area contributed by atoms with Crippen LogP contribution in [0, 0.1) is 29.5 Å². The van der Waals surface area contributed by atoms with E-state index in [2.05, 4.69) is 26.1 Å². The molecule has 122 valence electrons. The summed E-state index contributed by atoms with van der Waals surface area (Å²) in [6.07, 6.45) is 3.90. The predicted molar refractivity (Wildman–Crippen MR) is 87.9 cm³/mol. The van der Waals surface area contributed by atoms with Crippen molar-refractivity contribution in [1.29, 1.82) is 0 Å². The van der Waals surface area contributed by atoms with Gasteiger partial charge >= 0.3 is 0 Å². The summed E-state index contributed by atoms with van der Waals surface area (Å²) in [6.45, 7) is 7.16. The monoisotopic (exact) mass is 305 g/mol. The van der Waals surface area contributed by atoms with Crippen molar-refractivity contribution < 1.29 is 9.18 Å². The van der Waals surface area contributed by atoms with Gasteiger partial charge < -0.3 is 5.32 Å². The van der Waals surface area contributed by atoms with Gasteiger partial charge in [-0.15, -0.1) is 0 Å². The Labute approximate surface area is 133 Å². The first-order chi connectivity index (χ1) is 10.5. The molecule has 1 aromatic carbocycles. The molecule has 1 aliphatic carbocycles. The van der Waals surface area contributed by atoms with Crippen LogP contribution >= 0.6 is 0 Å². The molecule has 0 radical (unpaired) electrons. The third-order valence-corrected chi connectivity index (χ3v) is 5.01. The molecule has 1 aromatic rings. The van der Waals surface area contributed by atoms with Crippen molar-refractivity contribution in [1.82, 2.24) is 5.32 Å². The van der Waals surface area contributed by atoms with Crippen molar-refractivity contribution in [3.05, 3.63) is 35.6 Å². The molecule has 2 nitrogen and oxygen atoms in total. The number of amides is 1. The minimum atomic E-state index is -0.192. The molecule has 1 saturated carbocycles. The van der Waals surface area contributed by atoms with Crippen LogP contribution in [0.15, 0.2) is 24.3 Å². The van der Waals surface area contributed by atoms with Gasteiger partial charge in [0.05, 0.1) is 0 Å². The molecule has 2 rings (SSSR count). The number of benzene rings is 1. The standard InChI is InChI=1S/C19H28FNO/c1-13(2)16-9-8-14(3)12-17(16)19(22)21-11-10-15-6-4-5-7-18(15)20/h4-7,13-14,16-17H,8-12H2,1-3H3,(H,21,22)/t14-,16+,17-/m1/s1. The van der Waals surface area contributed by atoms with Gasteiger partial charge in [0.1, 0.15) is 5.82 Å². The predicted octanol–water partition coefficient (Wildman–Crippen LogP) is 4.19. The van der Waals surface area contributed by atoms with Crippen molar-refractivity contribution in [3.63, 3.8) is 0 Å². The van der Waals surface area contributed by atoms with Gasteiger partial charge in [-0.25, -0.2) is 4.39 Å². The minimum Gasteiger partial charge on any atom is -0.356 e. The number of hydrogen-bond acceptors (Lipinski definition) is 1. The van der Waals surface area contributed by atoms with Crippen molar-refractivity contribution in [2.24, 2.45) is 23.7 Å². The fourth-order valence-corrected chi connectivity index (χ4v) is 3.66. The molecule has 3 atom stereocenters. The lowest BCUT2D eigenvalue weighted by Gasteiger charge is -2.36. The molecule has 0 aliphatic heterocycles. The maximum Gasteiger partial charge on any atom is 0.223 e. The van der Waals surface area contributed by atoms with Crippen molar-refractivity contribution in [3.8, 4) is 0 Å². The summed E-state index contributed by atoms with van der Waals surface area (Å²) in [5.41, 5.74) is 0.667. The Morgan fingerprint density at radius 2 is 2.05 bits per heavy atom. The lowest BCUT2D eigenvalue weighted by atomic mass is 9.70. The van der Waals surface area contributed by atoms with Crippen LogP contribution in [0.2, 0.25) is 0 Å². The van der Waals surface area contributed by atoms with Crippen LogP contribution in [0.5, 0.6) is 0 Å². The number of carbonyl (C=O) groups excluding carboxylic acids is 1. The molecule has 3 heteroatoms. The number of hydrogen-bond donors (Lipinski definition) is 1. The highest BCUT2D eigenvalue weighted by Crippen LogP contribution is 2.38. The van der Waals surface area contributed by atoms with E-state index in [-0.39, 0.29) is 17.6 Å². The maximum atomic E-state index is 13.6. The molecule has 0 heterocycles. The zero-order valence-electron chi connectivity index (χ0n) is 13.9. The van der Waals surface area contributed by atoms with Crippen molar-refractivity contribution in [2.75, 3.05) is 6.54 Å². The Hall–Kier alpha value is -1.38. The second-order valence-electron chi connectivity index (χ2n) is 7.07. The lowest BCUT2D eigenvalue weighted by Crippen LogP contribution is -2.40. The first-order valence-electron chi connectivity index (χ1n) is 8.50. The van der Waals surface area contributed by atoms with E-state index >= 15 is 0 Å². The highest BCUT2D eigenvalue weighted by Gasteiger charge is 2.35. The number of nitrogens with one attached hydrogen (secondary N) is 1. The third kappa shape index (κ3) is 4.31. The van der Waals surface area contributed by atoms with E-state index in [0.29, 0.717) is 36.3 Å². The topological polar surface area (TPSA) is 29.1 Å². The van der Waals surface area contributed by atoms with Crippen LogP contribution in [0.3, 0.4) is 0 Å². The molecule has 0 bridgehead atoms. The first-order valence-corrected chi connectivity index (χ1v) is 8.50. The Morgan fingerprint density at radius 3 is 2.73 bits per heavy atom. The summed E-state index contributed by atoms with van der Waals surface area (Å²) < 4.78 is 13.6. The average molecular weight is 305 g/mol. The summed E-state index contributed by atoms with van der Waals surface area (Å²) in [6, 6.07) is 6.77. The van der Waals surface area contributed by atoms with Crippen LogP contribution < -0.4 is 5.32 Å². The Bertz CT molecular complexity index is 500. The second kappa shape index (κ2) is 7.75. The normalized spacial score (nSPS) is 25.2. The zero-order chi connectivity index (χ0) is 16.1. The van der Waals surface area contributed by atoms with Crippen LogP contribution in [0.4, 0.5) is 4.39 Å². The summed E-state index contributed by atoms with van der Waals surface area (Å²) >= 11 is 0. The van der Waals surface area contributed by atoms with Crippen LogP contribution in [-0.4, -0.2) is 12.5 Å². The van der Waals surface area contributed by atoms with Gasteiger partial charge in [-0.05, 0) is 48.6 Å². The van der Waals surface area contributed by atoms with Crippen LogP contribution in [0.1, 0.15) is 45.6 Å². The molecule has 0 aromatic heterocycles. The molecule has 1 aliphatic rings. The second-order valence-corrected chi connectivity index (χ2v) is 7.07. The van der Waals surface area contributed by atoms with Gasteiger partial charge in [0.2, 0.25) is 5.91 Å². The summed E-state index contributed by atoms with van der Waals surface area (Å²) in [5.74, 6) is 1.71. The van der Waals surface area contributed by atoms with Gasteiger partial charge in [-0.3, -0.25) is 4.79 Å². The summed E-state index contributed by atoms with van der Waals surface area (Å²) in [5, 5.41) is 3.03. The van der Waals surface area contributed by atoms with Gasteiger partial charge in [0.25, 0.3) is 0 Å². The first kappa shape index (κ1) is 17.0. The molecule has 1 fully saturated rings. The van der Waals surface area contributed by atoms with Crippen molar-refractivity contribution >= 4 is 5.91 Å². The molecule has 1 N–H and O–H groups in total. The average Bonchev–Trinajstić information content (AvgIpc) is 2.48. The van der Waals surface area contributed by atoms with Gasteiger partial charge in [0, 0.05) is 12.5 Å². The fourth-order valence-electron chi connectivity index (χ4n) is 3.66. The quantitative estimate of drug-likeness (QED) is 0.868. The number of carbonyl (C=O) groups is 1. The van der Waals surface area contributed by atoms with Gasteiger partial charge in [-0.2, -0.15) is 0 Å². The Kier molecular flexibility index (Phi) is 5.98. The van der Waals surface area contributed by atoms with E-state index in [1.165, 1.54) is 12.5 Å². The fraction of sp³-hybridized carbons (Fsp3) is 0.632. The van der Waals surface area contributed by atoms with E-state index < -0.39 is 0 Å². The smallest absolute Gasteiger partial charge is 0.223 e. The SMILES string of the molecule is CC(C)[C@@H]1CC[C@@H](C)C[C@H]1C(=O)NCCc1ccccc1F. The van der Waals surface area contributed by atoms with E-state index in [1.807, 2.05) is 6.07 Å². The highest BCUT2D eigenvalue weighted by molar-refractivity contribution is 5.79. The van der Waals surface area contributed by atoms with Gasteiger partial charge in [-0.1, -0.05) is 45.4 Å². The van der Waals surface area contributed by atoms with E-state index in [4.69, 9.17) is 0 Å². The Balaban J connectivity index is 1.89. The molecule has 0 spiro atoms. The van der Waals surface area contributed by atoms with E-state index in [9.17, 15) is 9.18 Å². The molecule has 0 saturated heterocycles. The molecule has 22 heavy (non-hydrogen) atoms. The number of halogens is 1. The van der Waals surface area contributed by atoms with E-state index in [1.54, 1.807) is 12.1 Å². The zero-order valence-corrected chi connectivity index (χ0v) is 13.9. The van der Waals surface area contributed by atoms with Crippen LogP contribution in [0.25, 0.3) is 0 Å². The molecule has 0 unspecified atom stereocenters. The van der Waals surface area contributed by atoms with Crippen molar-refractivity contribution in [2.45, 2.75) is 46.5 Å². The largest absolute Gasteiger partial charge is 0.356 e. The maximum absolute atomic E-state index is 13.6. The Morgan fingerprint density at radius 1 is 1.32 bits per heavy atom. The highest BCUT2D eigenvalue weighted by atomic mass is 19.1. The molecular formula is C19H28FNO. The van der Waals surface area contributed by atoms with E-state index in [0.717, 1.165) is 12.8 Å². The summed E-state index contributed by atoms with van der Waals surface area (Å²) in [7, 11) is 0. The number of rotatable bonds is 5. The minimum absolute atomic E-state index is 0.115. The lowest BCUT2D eigenvalue weighted by molar-refractivity contribution is -0.129. The summed E-state index contributed by atoms with van der Waals surface area (Å²) in [4.78, 5) is 12.5.